The zero-order valence-corrected chi connectivity index (χ0v) is 19.1. The number of hydrogen-bond donors (Lipinski definition) is 1. The first-order valence-electron chi connectivity index (χ1n) is 9.84. The second-order valence-corrected chi connectivity index (χ2v) is 9.65. The van der Waals surface area contributed by atoms with Crippen LogP contribution in [0.25, 0.3) is 11.3 Å². The normalized spacial score (nSPS) is 11.2. The van der Waals surface area contributed by atoms with Gasteiger partial charge in [-0.15, -0.1) is 0 Å². The average molecular weight is 483 g/mol. The highest BCUT2D eigenvalue weighted by molar-refractivity contribution is 7.90. The monoisotopic (exact) mass is 482 g/mol. The third-order valence-corrected chi connectivity index (χ3v) is 6.27. The molecule has 0 aliphatic heterocycles. The molecule has 1 amide bonds. The zero-order chi connectivity index (χ0) is 23.4. The highest BCUT2D eigenvalue weighted by Crippen LogP contribution is 2.25. The highest BCUT2D eigenvalue weighted by atomic mass is 35.5. The number of hydrogen-bond acceptors (Lipinski definition) is 6. The number of benzene rings is 3. The molecule has 1 N–H and O–H groups in total. The summed E-state index contributed by atoms with van der Waals surface area (Å²) in [5.74, 6) is 0.607. The van der Waals surface area contributed by atoms with Gasteiger partial charge in [-0.1, -0.05) is 35.0 Å². The van der Waals surface area contributed by atoms with Gasteiger partial charge in [-0.25, -0.2) is 8.42 Å². The number of anilines is 1. The van der Waals surface area contributed by atoms with Gasteiger partial charge >= 0.3 is 0 Å². The molecule has 0 radical (unpaired) electrons. The maximum absolute atomic E-state index is 12.5. The van der Waals surface area contributed by atoms with Crippen molar-refractivity contribution in [2.24, 2.45) is 0 Å². The SMILES string of the molecule is CS(=O)(=O)c1ccc(NC(=O)c2cc(-c3ccc(OCc4ccccc4Cl)cc3)on2)cc1. The summed E-state index contributed by atoms with van der Waals surface area (Å²) in [7, 11) is -3.31. The molecule has 0 saturated heterocycles. The number of carbonyl (C=O) groups excluding carboxylic acids is 1. The molecule has 3 aromatic carbocycles. The van der Waals surface area contributed by atoms with Crippen LogP contribution in [0.15, 0.2) is 88.3 Å². The van der Waals surface area contributed by atoms with Gasteiger partial charge in [-0.05, 0) is 54.6 Å². The molecular weight excluding hydrogens is 464 g/mol. The van der Waals surface area contributed by atoms with Gasteiger partial charge in [0.2, 0.25) is 0 Å². The highest BCUT2D eigenvalue weighted by Gasteiger charge is 2.15. The lowest BCUT2D eigenvalue weighted by atomic mass is 10.1. The lowest BCUT2D eigenvalue weighted by molar-refractivity contribution is 0.101. The smallest absolute Gasteiger partial charge is 0.277 e. The van der Waals surface area contributed by atoms with Crippen molar-refractivity contribution in [3.05, 3.63) is 95.1 Å². The minimum atomic E-state index is -3.31. The Morgan fingerprint density at radius 2 is 1.73 bits per heavy atom. The number of nitrogens with zero attached hydrogens (tertiary/aromatic N) is 1. The first kappa shape index (κ1) is 22.6. The lowest BCUT2D eigenvalue weighted by Crippen LogP contribution is -2.12. The van der Waals surface area contributed by atoms with E-state index >= 15 is 0 Å². The predicted molar refractivity (Wildman–Crippen MR) is 125 cm³/mol. The fourth-order valence-electron chi connectivity index (χ4n) is 2.99. The van der Waals surface area contributed by atoms with E-state index in [9.17, 15) is 13.2 Å². The number of ether oxygens (including phenoxy) is 1. The fraction of sp³-hybridized carbons (Fsp3) is 0.0833. The van der Waals surface area contributed by atoms with Gasteiger partial charge in [0.1, 0.15) is 12.4 Å². The molecule has 7 nitrogen and oxygen atoms in total. The zero-order valence-electron chi connectivity index (χ0n) is 17.5. The van der Waals surface area contributed by atoms with Crippen molar-refractivity contribution in [3.63, 3.8) is 0 Å². The molecule has 0 aliphatic carbocycles. The number of carbonyl (C=O) groups is 1. The molecule has 1 aromatic heterocycles. The van der Waals surface area contributed by atoms with Gasteiger partial charge in [0.15, 0.2) is 21.3 Å². The maximum Gasteiger partial charge on any atom is 0.277 e. The molecule has 33 heavy (non-hydrogen) atoms. The van der Waals surface area contributed by atoms with E-state index in [2.05, 4.69) is 10.5 Å². The van der Waals surface area contributed by atoms with Crippen LogP contribution in [0.2, 0.25) is 5.02 Å². The summed E-state index contributed by atoms with van der Waals surface area (Å²) in [5, 5.41) is 7.13. The van der Waals surface area contributed by atoms with Crippen LogP contribution in [-0.2, 0) is 16.4 Å². The van der Waals surface area contributed by atoms with Crippen molar-refractivity contribution in [3.8, 4) is 17.1 Å². The van der Waals surface area contributed by atoms with Crippen LogP contribution < -0.4 is 10.1 Å². The Morgan fingerprint density at radius 3 is 2.39 bits per heavy atom. The molecule has 0 spiro atoms. The number of nitrogens with one attached hydrogen (secondary N) is 1. The molecule has 0 saturated carbocycles. The van der Waals surface area contributed by atoms with Gasteiger partial charge in [-0.2, -0.15) is 0 Å². The van der Waals surface area contributed by atoms with Crippen molar-refractivity contribution in [1.29, 1.82) is 0 Å². The van der Waals surface area contributed by atoms with E-state index in [4.69, 9.17) is 20.9 Å². The van der Waals surface area contributed by atoms with Crippen molar-refractivity contribution >= 4 is 33.0 Å². The Kier molecular flexibility index (Phi) is 6.48. The quantitative estimate of drug-likeness (QED) is 0.387. The van der Waals surface area contributed by atoms with Crippen molar-refractivity contribution in [1.82, 2.24) is 5.16 Å². The number of aromatic nitrogens is 1. The van der Waals surface area contributed by atoms with Crippen molar-refractivity contribution in [2.45, 2.75) is 11.5 Å². The van der Waals surface area contributed by atoms with Crippen LogP contribution in [0.3, 0.4) is 0 Å². The molecule has 9 heteroatoms. The van der Waals surface area contributed by atoms with E-state index in [0.29, 0.717) is 28.8 Å². The molecule has 0 bridgehead atoms. The summed E-state index contributed by atoms with van der Waals surface area (Å²) in [4.78, 5) is 12.6. The Bertz CT molecular complexity index is 1380. The van der Waals surface area contributed by atoms with Crippen LogP contribution >= 0.6 is 11.6 Å². The van der Waals surface area contributed by atoms with Gasteiger partial charge in [0.05, 0.1) is 4.90 Å². The third-order valence-electron chi connectivity index (χ3n) is 4.77. The molecular formula is C24H19ClN2O5S. The summed E-state index contributed by atoms with van der Waals surface area (Å²) in [5.41, 5.74) is 2.15. The average Bonchev–Trinajstić information content (AvgIpc) is 3.29. The Balaban J connectivity index is 1.39. The number of amides is 1. The second kappa shape index (κ2) is 9.48. The van der Waals surface area contributed by atoms with Crippen LogP contribution in [0.4, 0.5) is 5.69 Å². The van der Waals surface area contributed by atoms with Crippen molar-refractivity contribution in [2.75, 3.05) is 11.6 Å². The fourth-order valence-corrected chi connectivity index (χ4v) is 3.81. The first-order valence-corrected chi connectivity index (χ1v) is 12.1. The maximum atomic E-state index is 12.5. The summed E-state index contributed by atoms with van der Waals surface area (Å²) in [6.07, 6.45) is 1.12. The van der Waals surface area contributed by atoms with Gasteiger partial charge < -0.3 is 14.6 Å². The van der Waals surface area contributed by atoms with Gasteiger partial charge in [0, 0.05) is 34.2 Å². The molecule has 0 atom stereocenters. The van der Waals surface area contributed by atoms with Gasteiger partial charge in [0.25, 0.3) is 5.91 Å². The van der Waals surface area contributed by atoms with E-state index in [1.165, 1.54) is 30.3 Å². The largest absolute Gasteiger partial charge is 0.489 e. The first-order chi connectivity index (χ1) is 15.8. The Labute approximate surface area is 195 Å². The predicted octanol–water partition coefficient (Wildman–Crippen LogP) is 5.23. The second-order valence-electron chi connectivity index (χ2n) is 7.23. The Hall–Kier alpha value is -3.62. The topological polar surface area (TPSA) is 98.5 Å². The number of rotatable bonds is 7. The molecule has 4 rings (SSSR count). The van der Waals surface area contributed by atoms with Crippen LogP contribution in [-0.4, -0.2) is 25.7 Å². The molecule has 0 aliphatic rings. The lowest BCUT2D eigenvalue weighted by Gasteiger charge is -2.08. The molecule has 0 unspecified atom stereocenters. The Morgan fingerprint density at radius 1 is 1.03 bits per heavy atom. The number of sulfone groups is 1. The molecule has 168 valence electrons. The van der Waals surface area contributed by atoms with E-state index in [1.807, 2.05) is 24.3 Å². The van der Waals surface area contributed by atoms with Crippen molar-refractivity contribution < 1.29 is 22.5 Å². The third kappa shape index (κ3) is 5.60. The van der Waals surface area contributed by atoms with Gasteiger partial charge in [-0.3, -0.25) is 4.79 Å². The van der Waals surface area contributed by atoms with E-state index in [0.717, 1.165) is 17.4 Å². The molecule has 0 fully saturated rings. The number of halogens is 1. The van der Waals surface area contributed by atoms with E-state index < -0.39 is 15.7 Å². The van der Waals surface area contributed by atoms with E-state index in [-0.39, 0.29) is 10.6 Å². The summed E-state index contributed by atoms with van der Waals surface area (Å²) >= 11 is 6.14. The van der Waals surface area contributed by atoms with Crippen LogP contribution in [0.1, 0.15) is 16.1 Å². The standard InChI is InChI=1S/C24H19ClN2O5S/c1-33(29,30)20-12-8-18(9-13-20)26-24(28)22-14-23(32-27-22)16-6-10-19(11-7-16)31-15-17-4-2-3-5-21(17)25/h2-14H,15H2,1H3,(H,26,28). The van der Waals surface area contributed by atoms with E-state index in [1.54, 1.807) is 24.3 Å². The summed E-state index contributed by atoms with van der Waals surface area (Å²) < 4.78 is 34.2. The van der Waals surface area contributed by atoms with Crippen LogP contribution in [0, 0.1) is 0 Å². The minimum absolute atomic E-state index is 0.0937. The molecule has 4 aromatic rings. The van der Waals surface area contributed by atoms with Crippen LogP contribution in [0.5, 0.6) is 5.75 Å². The summed E-state index contributed by atoms with van der Waals surface area (Å²) in [6, 6.07) is 22.1. The summed E-state index contributed by atoms with van der Waals surface area (Å²) in [6.45, 7) is 0.344. The molecule has 1 heterocycles. The minimum Gasteiger partial charge on any atom is -0.489 e.